The Kier molecular flexibility index (Phi) is 5.43. The Morgan fingerprint density at radius 3 is 2.88 bits per heavy atom. The number of fused-ring (bicyclic) bond motifs is 1. The highest BCUT2D eigenvalue weighted by Gasteiger charge is 2.21. The number of para-hydroxylation sites is 2. The summed E-state index contributed by atoms with van der Waals surface area (Å²) in [6, 6.07) is 9.59. The molecule has 1 unspecified atom stereocenters. The number of thioether (sulfide) groups is 1. The standard InChI is InChI=1S/C18H23N5OS/c1-4-12-11-16(23(2)22-12)18(24)21-15(9-10-25-3)17-19-13-7-5-6-8-14(13)20-17/h5-8,11,15H,4,9-10H2,1-3H3,(H,19,20)(H,21,24). The molecule has 1 amide bonds. The van der Waals surface area contributed by atoms with Crippen LogP contribution in [0, 0.1) is 0 Å². The average molecular weight is 357 g/mol. The van der Waals surface area contributed by atoms with Crippen molar-refractivity contribution in [3.63, 3.8) is 0 Å². The number of aryl methyl sites for hydroxylation is 2. The molecule has 0 aliphatic heterocycles. The number of amides is 1. The van der Waals surface area contributed by atoms with Gasteiger partial charge in [-0.25, -0.2) is 4.98 Å². The number of nitrogens with one attached hydrogen (secondary N) is 2. The van der Waals surface area contributed by atoms with Gasteiger partial charge in [-0.15, -0.1) is 0 Å². The number of imidazole rings is 1. The van der Waals surface area contributed by atoms with Gasteiger partial charge in [0.1, 0.15) is 11.5 Å². The molecule has 7 heteroatoms. The number of benzene rings is 1. The lowest BCUT2D eigenvalue weighted by molar-refractivity contribution is 0.0924. The Balaban J connectivity index is 1.84. The van der Waals surface area contributed by atoms with Crippen LogP contribution in [0.5, 0.6) is 0 Å². The van der Waals surface area contributed by atoms with Crippen LogP contribution in [-0.4, -0.2) is 37.7 Å². The number of nitrogens with zero attached hydrogens (tertiary/aromatic N) is 3. The van der Waals surface area contributed by atoms with E-state index in [1.54, 1.807) is 23.5 Å². The van der Waals surface area contributed by atoms with Crippen LogP contribution in [0.2, 0.25) is 0 Å². The number of aromatic nitrogens is 4. The minimum Gasteiger partial charge on any atom is -0.341 e. The molecule has 3 aromatic rings. The second-order valence-corrected chi connectivity index (χ2v) is 6.93. The maximum atomic E-state index is 12.7. The summed E-state index contributed by atoms with van der Waals surface area (Å²) in [5.74, 6) is 1.61. The van der Waals surface area contributed by atoms with Crippen molar-refractivity contribution in [2.45, 2.75) is 25.8 Å². The van der Waals surface area contributed by atoms with Crippen LogP contribution in [-0.2, 0) is 13.5 Å². The van der Waals surface area contributed by atoms with E-state index < -0.39 is 0 Å². The van der Waals surface area contributed by atoms with Crippen molar-refractivity contribution in [2.24, 2.45) is 7.05 Å². The highest BCUT2D eigenvalue weighted by atomic mass is 32.2. The molecule has 0 bridgehead atoms. The van der Waals surface area contributed by atoms with Gasteiger partial charge in [0.2, 0.25) is 0 Å². The Morgan fingerprint density at radius 2 is 2.20 bits per heavy atom. The van der Waals surface area contributed by atoms with Crippen LogP contribution in [0.1, 0.15) is 41.4 Å². The van der Waals surface area contributed by atoms with Crippen LogP contribution >= 0.6 is 11.8 Å². The Hall–Kier alpha value is -2.28. The van der Waals surface area contributed by atoms with E-state index >= 15 is 0 Å². The second kappa shape index (κ2) is 7.74. The van der Waals surface area contributed by atoms with Gasteiger partial charge in [0.05, 0.1) is 22.8 Å². The summed E-state index contributed by atoms with van der Waals surface area (Å²) in [6.07, 6.45) is 3.68. The van der Waals surface area contributed by atoms with E-state index in [2.05, 4.69) is 26.6 Å². The maximum Gasteiger partial charge on any atom is 0.270 e. The average Bonchev–Trinajstić information content (AvgIpc) is 3.21. The van der Waals surface area contributed by atoms with Crippen molar-refractivity contribution in [2.75, 3.05) is 12.0 Å². The number of hydrogen-bond acceptors (Lipinski definition) is 4. The summed E-state index contributed by atoms with van der Waals surface area (Å²) < 4.78 is 1.64. The van der Waals surface area contributed by atoms with Crippen molar-refractivity contribution in [3.8, 4) is 0 Å². The summed E-state index contributed by atoms with van der Waals surface area (Å²) in [7, 11) is 1.80. The third-order valence-electron chi connectivity index (χ3n) is 4.18. The molecule has 0 fully saturated rings. The number of carbonyl (C=O) groups is 1. The molecular formula is C18H23N5OS. The summed E-state index contributed by atoms with van der Waals surface area (Å²) in [5, 5.41) is 7.47. The first-order valence-electron chi connectivity index (χ1n) is 8.39. The molecular weight excluding hydrogens is 334 g/mol. The maximum absolute atomic E-state index is 12.7. The highest BCUT2D eigenvalue weighted by molar-refractivity contribution is 7.98. The predicted octanol–water partition coefficient (Wildman–Crippen LogP) is 3.08. The van der Waals surface area contributed by atoms with Crippen molar-refractivity contribution in [1.82, 2.24) is 25.1 Å². The largest absolute Gasteiger partial charge is 0.341 e. The lowest BCUT2D eigenvalue weighted by atomic mass is 10.2. The molecule has 0 aliphatic rings. The van der Waals surface area contributed by atoms with Crippen molar-refractivity contribution >= 4 is 28.7 Å². The minimum absolute atomic E-state index is 0.124. The zero-order chi connectivity index (χ0) is 17.8. The van der Waals surface area contributed by atoms with Gasteiger partial charge in [0.25, 0.3) is 5.91 Å². The van der Waals surface area contributed by atoms with Crippen LogP contribution in [0.25, 0.3) is 11.0 Å². The van der Waals surface area contributed by atoms with Crippen LogP contribution < -0.4 is 5.32 Å². The van der Waals surface area contributed by atoms with Crippen LogP contribution in [0.4, 0.5) is 0 Å². The van der Waals surface area contributed by atoms with E-state index in [1.165, 1.54) is 0 Å². The number of rotatable bonds is 7. The monoisotopic (exact) mass is 357 g/mol. The van der Waals surface area contributed by atoms with Gasteiger partial charge in [-0.1, -0.05) is 19.1 Å². The van der Waals surface area contributed by atoms with E-state index in [4.69, 9.17) is 0 Å². The molecule has 1 aromatic carbocycles. The topological polar surface area (TPSA) is 75.6 Å². The summed E-state index contributed by atoms with van der Waals surface area (Å²) in [6.45, 7) is 2.03. The van der Waals surface area contributed by atoms with E-state index in [1.807, 2.05) is 37.3 Å². The molecule has 2 N–H and O–H groups in total. The van der Waals surface area contributed by atoms with Gasteiger partial charge in [-0.2, -0.15) is 16.9 Å². The quantitative estimate of drug-likeness (QED) is 0.681. The van der Waals surface area contributed by atoms with Gasteiger partial charge >= 0.3 is 0 Å². The number of carbonyl (C=O) groups excluding carboxylic acids is 1. The molecule has 3 rings (SSSR count). The molecule has 6 nitrogen and oxygen atoms in total. The van der Waals surface area contributed by atoms with Gasteiger partial charge in [0, 0.05) is 7.05 Å². The SMILES string of the molecule is CCc1cc(C(=O)NC(CCSC)c2nc3ccccc3[nH]2)n(C)n1. The first kappa shape index (κ1) is 17.5. The van der Waals surface area contributed by atoms with Gasteiger partial charge < -0.3 is 10.3 Å². The van der Waals surface area contributed by atoms with Crippen molar-refractivity contribution in [3.05, 3.63) is 47.5 Å². The van der Waals surface area contributed by atoms with Gasteiger partial charge in [0.15, 0.2) is 0 Å². The molecule has 1 atom stereocenters. The number of H-pyrrole nitrogens is 1. The van der Waals surface area contributed by atoms with E-state index in [9.17, 15) is 4.79 Å². The van der Waals surface area contributed by atoms with Crippen molar-refractivity contribution in [1.29, 1.82) is 0 Å². The minimum atomic E-state index is -0.160. The van der Waals surface area contributed by atoms with Crippen LogP contribution in [0.15, 0.2) is 30.3 Å². The Morgan fingerprint density at radius 1 is 1.40 bits per heavy atom. The lowest BCUT2D eigenvalue weighted by Gasteiger charge is -2.16. The second-order valence-electron chi connectivity index (χ2n) is 5.94. The zero-order valence-corrected chi connectivity index (χ0v) is 15.6. The molecule has 2 aromatic heterocycles. The fourth-order valence-corrected chi connectivity index (χ4v) is 3.27. The normalized spacial score (nSPS) is 12.4. The summed E-state index contributed by atoms with van der Waals surface area (Å²) >= 11 is 1.75. The number of aromatic amines is 1. The van der Waals surface area contributed by atoms with Gasteiger partial charge in [-0.05, 0) is 43.0 Å². The Labute approximate surface area is 151 Å². The smallest absolute Gasteiger partial charge is 0.270 e. The summed E-state index contributed by atoms with van der Waals surface area (Å²) in [4.78, 5) is 20.7. The molecule has 0 saturated carbocycles. The molecule has 0 spiro atoms. The summed E-state index contributed by atoms with van der Waals surface area (Å²) in [5.41, 5.74) is 3.38. The predicted molar refractivity (Wildman–Crippen MR) is 102 cm³/mol. The molecule has 0 saturated heterocycles. The number of hydrogen-bond donors (Lipinski definition) is 2. The molecule has 25 heavy (non-hydrogen) atoms. The van der Waals surface area contributed by atoms with E-state index in [0.717, 1.165) is 41.1 Å². The lowest BCUT2D eigenvalue weighted by Crippen LogP contribution is -2.31. The van der Waals surface area contributed by atoms with Crippen molar-refractivity contribution < 1.29 is 4.79 Å². The van der Waals surface area contributed by atoms with E-state index in [-0.39, 0.29) is 11.9 Å². The first-order chi connectivity index (χ1) is 12.1. The van der Waals surface area contributed by atoms with Gasteiger partial charge in [-0.3, -0.25) is 9.48 Å². The fourth-order valence-electron chi connectivity index (χ4n) is 2.79. The fraction of sp³-hybridized carbons (Fsp3) is 0.389. The molecule has 0 radical (unpaired) electrons. The van der Waals surface area contributed by atoms with E-state index in [0.29, 0.717) is 5.69 Å². The third kappa shape index (κ3) is 3.87. The molecule has 0 aliphatic carbocycles. The molecule has 2 heterocycles. The first-order valence-corrected chi connectivity index (χ1v) is 9.79. The zero-order valence-electron chi connectivity index (χ0n) is 14.7. The Bertz CT molecular complexity index is 836. The molecule has 132 valence electrons. The van der Waals surface area contributed by atoms with Crippen LogP contribution in [0.3, 0.4) is 0 Å². The third-order valence-corrected chi connectivity index (χ3v) is 4.82. The highest BCUT2D eigenvalue weighted by Crippen LogP contribution is 2.20.